The summed E-state index contributed by atoms with van der Waals surface area (Å²) < 4.78 is 31.6. The lowest BCUT2D eigenvalue weighted by Crippen LogP contribution is -1.96. The zero-order chi connectivity index (χ0) is 23.1. The van der Waals surface area contributed by atoms with Gasteiger partial charge in [-0.25, -0.2) is 0 Å². The van der Waals surface area contributed by atoms with E-state index < -0.39 is 20.2 Å². The zero-order valence-corrected chi connectivity index (χ0v) is 16.9. The maximum atomic E-state index is 10.4. The summed E-state index contributed by atoms with van der Waals surface area (Å²) in [5.74, 6) is 0. The molecule has 0 aliphatic heterocycles. The molecule has 0 aliphatic rings. The minimum absolute atomic E-state index is 0.0515. The highest BCUT2D eigenvalue weighted by atomic mass is 32.3. The van der Waals surface area contributed by atoms with Crippen LogP contribution in [0.3, 0.4) is 0 Å². The van der Waals surface area contributed by atoms with E-state index in [0.29, 0.717) is 11.4 Å². The van der Waals surface area contributed by atoms with E-state index in [0.717, 1.165) is 22.3 Å². The summed E-state index contributed by atoms with van der Waals surface area (Å²) in [4.78, 5) is 19.9. The van der Waals surface area contributed by atoms with Crippen LogP contribution in [0.2, 0.25) is 0 Å². The number of hydrogen-bond donors (Lipinski definition) is 4. The maximum Gasteiger partial charge on any atom is 0.394 e. The third kappa shape index (κ3) is 9.46. The van der Waals surface area contributed by atoms with E-state index in [2.05, 4.69) is 0 Å². The molecule has 0 bridgehead atoms. The minimum Gasteiger partial charge on any atom is -0.398 e. The van der Waals surface area contributed by atoms with Crippen molar-refractivity contribution >= 4 is 33.1 Å². The normalized spacial score (nSPS) is 10.1. The fraction of sp³-hybridized carbons (Fsp3) is 0.250. The summed E-state index contributed by atoms with van der Waals surface area (Å²) in [6, 6.07) is 5.79. The Labute approximate surface area is 167 Å². The van der Waals surface area contributed by atoms with Gasteiger partial charge in [0, 0.05) is 35.6 Å². The van der Waals surface area contributed by atoms with Gasteiger partial charge < -0.3 is 11.5 Å². The molecule has 0 spiro atoms. The van der Waals surface area contributed by atoms with E-state index in [9.17, 15) is 20.2 Å². The average molecular weight is 430 g/mol. The Balaban J connectivity index is 0.000000442. The standard InChI is InChI=1S/2C8H10N2O2.H2O4S/c2*1-5-3-7(10(11)12)4-8(9)6(5)2;1-5(2,3)4/h2*3-4H,9H2,1-2H3;(H2,1,2,3,4). The highest BCUT2D eigenvalue weighted by Crippen LogP contribution is 2.23. The number of nitrogen functional groups attached to an aromatic ring is 2. The van der Waals surface area contributed by atoms with E-state index in [4.69, 9.17) is 29.0 Å². The lowest BCUT2D eigenvalue weighted by Gasteiger charge is -2.02. The van der Waals surface area contributed by atoms with Crippen molar-refractivity contribution in [2.75, 3.05) is 11.5 Å². The van der Waals surface area contributed by atoms with E-state index >= 15 is 0 Å². The quantitative estimate of drug-likeness (QED) is 0.236. The van der Waals surface area contributed by atoms with Crippen LogP contribution in [-0.2, 0) is 10.4 Å². The Morgan fingerprint density at radius 2 is 1.00 bits per heavy atom. The van der Waals surface area contributed by atoms with Gasteiger partial charge in [-0.15, -0.1) is 0 Å². The van der Waals surface area contributed by atoms with Gasteiger partial charge in [0.1, 0.15) is 0 Å². The molecule has 160 valence electrons. The van der Waals surface area contributed by atoms with Gasteiger partial charge in [-0.05, 0) is 49.9 Å². The van der Waals surface area contributed by atoms with Crippen LogP contribution < -0.4 is 11.5 Å². The van der Waals surface area contributed by atoms with Crippen LogP contribution in [0.5, 0.6) is 0 Å². The number of aryl methyl sites for hydroxylation is 2. The van der Waals surface area contributed by atoms with Crippen LogP contribution in [0.15, 0.2) is 24.3 Å². The number of non-ortho nitro benzene ring substituents is 2. The summed E-state index contributed by atoms with van der Waals surface area (Å²) in [5.41, 5.74) is 15.7. The summed E-state index contributed by atoms with van der Waals surface area (Å²) in [6.07, 6.45) is 0. The molecule has 12 nitrogen and oxygen atoms in total. The molecule has 0 fully saturated rings. The van der Waals surface area contributed by atoms with E-state index in [1.54, 1.807) is 13.8 Å². The molecule has 2 aromatic carbocycles. The third-order valence-corrected chi connectivity index (χ3v) is 3.81. The van der Waals surface area contributed by atoms with Gasteiger partial charge in [-0.1, -0.05) is 0 Å². The molecular weight excluding hydrogens is 408 g/mol. The van der Waals surface area contributed by atoms with Gasteiger partial charge >= 0.3 is 10.4 Å². The van der Waals surface area contributed by atoms with Crippen molar-refractivity contribution in [1.82, 2.24) is 0 Å². The molecule has 0 saturated heterocycles. The number of hydrogen-bond acceptors (Lipinski definition) is 8. The first kappa shape index (κ1) is 25.7. The number of rotatable bonds is 2. The predicted molar refractivity (Wildman–Crippen MR) is 108 cm³/mol. The Kier molecular flexibility index (Phi) is 9.14. The second-order valence-electron chi connectivity index (χ2n) is 5.92. The van der Waals surface area contributed by atoms with Gasteiger partial charge in [0.25, 0.3) is 11.4 Å². The smallest absolute Gasteiger partial charge is 0.394 e. The fourth-order valence-electron chi connectivity index (χ4n) is 1.94. The number of benzene rings is 2. The molecule has 0 aromatic heterocycles. The van der Waals surface area contributed by atoms with Gasteiger partial charge in [-0.2, -0.15) is 8.42 Å². The fourth-order valence-corrected chi connectivity index (χ4v) is 1.94. The molecule has 0 amide bonds. The summed E-state index contributed by atoms with van der Waals surface area (Å²) in [7, 11) is -4.67. The van der Waals surface area contributed by atoms with Crippen molar-refractivity contribution in [3.8, 4) is 0 Å². The number of nitrogens with zero attached hydrogens (tertiary/aromatic N) is 2. The Morgan fingerprint density at radius 1 is 0.759 bits per heavy atom. The first-order chi connectivity index (χ1) is 13.0. The SMILES string of the molecule is Cc1cc([N+](=O)[O-])cc(N)c1C.Cc1cc([N+](=O)[O-])cc(N)c1C.O=S(=O)(O)O. The number of anilines is 2. The molecule has 13 heteroatoms. The lowest BCUT2D eigenvalue weighted by atomic mass is 10.1. The third-order valence-electron chi connectivity index (χ3n) is 3.81. The Morgan fingerprint density at radius 3 is 1.17 bits per heavy atom. The second kappa shape index (κ2) is 10.3. The second-order valence-corrected chi connectivity index (χ2v) is 6.81. The van der Waals surface area contributed by atoms with Crippen LogP contribution >= 0.6 is 0 Å². The van der Waals surface area contributed by atoms with Gasteiger partial charge in [0.15, 0.2) is 0 Å². The van der Waals surface area contributed by atoms with Crippen LogP contribution in [0.25, 0.3) is 0 Å². The van der Waals surface area contributed by atoms with E-state index in [-0.39, 0.29) is 11.4 Å². The first-order valence-corrected chi connectivity index (χ1v) is 9.16. The summed E-state index contributed by atoms with van der Waals surface area (Å²) in [6.45, 7) is 7.29. The van der Waals surface area contributed by atoms with Crippen LogP contribution in [0.4, 0.5) is 22.7 Å². The van der Waals surface area contributed by atoms with E-state index in [1.165, 1.54) is 24.3 Å². The van der Waals surface area contributed by atoms with Crippen molar-refractivity contribution in [3.05, 3.63) is 66.7 Å². The molecule has 2 rings (SSSR count). The molecule has 0 radical (unpaired) electrons. The van der Waals surface area contributed by atoms with Gasteiger partial charge in [0.2, 0.25) is 0 Å². The average Bonchev–Trinajstić information content (AvgIpc) is 2.55. The van der Waals surface area contributed by atoms with Crippen molar-refractivity contribution < 1.29 is 27.4 Å². The minimum atomic E-state index is -4.67. The van der Waals surface area contributed by atoms with Crippen molar-refractivity contribution in [2.24, 2.45) is 0 Å². The predicted octanol–water partition coefficient (Wildman–Crippen LogP) is 2.93. The summed E-state index contributed by atoms with van der Waals surface area (Å²) in [5, 5.41) is 20.7. The van der Waals surface area contributed by atoms with E-state index in [1.807, 2.05) is 13.8 Å². The highest BCUT2D eigenvalue weighted by molar-refractivity contribution is 7.79. The number of nitro groups is 2. The molecule has 0 aliphatic carbocycles. The Bertz CT molecular complexity index is 900. The summed E-state index contributed by atoms with van der Waals surface area (Å²) >= 11 is 0. The largest absolute Gasteiger partial charge is 0.398 e. The van der Waals surface area contributed by atoms with Crippen molar-refractivity contribution in [3.63, 3.8) is 0 Å². The molecule has 6 N–H and O–H groups in total. The number of nitro benzene ring substituents is 2. The van der Waals surface area contributed by atoms with Crippen molar-refractivity contribution in [1.29, 1.82) is 0 Å². The molecule has 0 unspecified atom stereocenters. The number of nitrogens with two attached hydrogens (primary N) is 2. The zero-order valence-electron chi connectivity index (χ0n) is 16.1. The molecule has 29 heavy (non-hydrogen) atoms. The highest BCUT2D eigenvalue weighted by Gasteiger charge is 2.10. The molecular formula is C16H22N4O8S. The lowest BCUT2D eigenvalue weighted by molar-refractivity contribution is -0.385. The van der Waals surface area contributed by atoms with Crippen LogP contribution in [0.1, 0.15) is 22.3 Å². The molecule has 0 saturated carbocycles. The maximum absolute atomic E-state index is 10.4. The van der Waals surface area contributed by atoms with Gasteiger partial charge in [0.05, 0.1) is 9.85 Å². The molecule has 0 heterocycles. The Hall–Kier alpha value is -3.29. The topological polar surface area (TPSA) is 213 Å². The van der Waals surface area contributed by atoms with Gasteiger partial charge in [-0.3, -0.25) is 29.3 Å². The molecule has 2 aromatic rings. The van der Waals surface area contributed by atoms with Crippen LogP contribution in [-0.4, -0.2) is 27.4 Å². The monoisotopic (exact) mass is 430 g/mol. The van der Waals surface area contributed by atoms with Crippen LogP contribution in [0, 0.1) is 47.9 Å². The molecule has 0 atom stereocenters. The van der Waals surface area contributed by atoms with Crippen molar-refractivity contribution in [2.45, 2.75) is 27.7 Å². The first-order valence-electron chi connectivity index (χ1n) is 7.76.